The summed E-state index contributed by atoms with van der Waals surface area (Å²) in [6.45, 7) is 5.65. The number of hydrogen-bond acceptors (Lipinski definition) is 4. The average Bonchev–Trinajstić information content (AvgIpc) is 3.07. The summed E-state index contributed by atoms with van der Waals surface area (Å²) in [5, 5.41) is 5.26. The molecule has 0 saturated heterocycles. The summed E-state index contributed by atoms with van der Waals surface area (Å²) < 4.78 is 5.23. The molecule has 2 amide bonds. The number of amides is 2. The molecule has 0 unspecified atom stereocenters. The number of benzene rings is 1. The minimum Gasteiger partial charge on any atom is -0.468 e. The van der Waals surface area contributed by atoms with Crippen LogP contribution < -0.4 is 10.6 Å². The molecule has 6 heteroatoms. The Hall–Kier alpha value is -2.21. The summed E-state index contributed by atoms with van der Waals surface area (Å²) in [4.78, 5) is 24.1. The molecule has 0 spiro atoms. The predicted molar refractivity (Wildman–Crippen MR) is 97.0 cm³/mol. The molecule has 1 atom stereocenters. The van der Waals surface area contributed by atoms with Crippen LogP contribution in [0.25, 0.3) is 0 Å². The van der Waals surface area contributed by atoms with E-state index in [4.69, 9.17) is 4.42 Å². The Labute approximate surface area is 146 Å². The van der Waals surface area contributed by atoms with Crippen LogP contribution in [-0.2, 0) is 15.3 Å². The Morgan fingerprint density at radius 3 is 2.50 bits per heavy atom. The van der Waals surface area contributed by atoms with Crippen LogP contribution in [0.4, 0.5) is 5.69 Å². The van der Waals surface area contributed by atoms with Gasteiger partial charge in [0, 0.05) is 5.69 Å². The van der Waals surface area contributed by atoms with Crippen molar-refractivity contribution >= 4 is 29.3 Å². The molecule has 0 bridgehead atoms. The van der Waals surface area contributed by atoms with E-state index in [1.165, 1.54) is 11.8 Å². The van der Waals surface area contributed by atoms with E-state index in [1.807, 2.05) is 51.1 Å². The number of hydrogen-bond donors (Lipinski definition) is 2. The predicted octanol–water partition coefficient (Wildman–Crippen LogP) is 3.27. The minimum absolute atomic E-state index is 0.0434. The van der Waals surface area contributed by atoms with Gasteiger partial charge in [0.05, 0.1) is 23.8 Å². The Morgan fingerprint density at radius 2 is 1.88 bits per heavy atom. The van der Waals surface area contributed by atoms with Gasteiger partial charge in [-0.15, -0.1) is 11.8 Å². The van der Waals surface area contributed by atoms with Crippen LogP contribution in [0.3, 0.4) is 0 Å². The zero-order valence-corrected chi connectivity index (χ0v) is 14.9. The average molecular weight is 346 g/mol. The van der Waals surface area contributed by atoms with Crippen LogP contribution >= 0.6 is 11.8 Å². The summed E-state index contributed by atoms with van der Waals surface area (Å²) in [5.41, 5.74) is 2.80. The van der Waals surface area contributed by atoms with Gasteiger partial charge in [0.1, 0.15) is 5.76 Å². The van der Waals surface area contributed by atoms with E-state index in [0.29, 0.717) is 5.75 Å². The third-order valence-electron chi connectivity index (χ3n) is 3.59. The van der Waals surface area contributed by atoms with Crippen LogP contribution in [0.2, 0.25) is 0 Å². The third kappa shape index (κ3) is 5.16. The fraction of sp³-hybridized carbons (Fsp3) is 0.333. The molecule has 0 radical (unpaired) electrons. The van der Waals surface area contributed by atoms with Gasteiger partial charge >= 0.3 is 0 Å². The van der Waals surface area contributed by atoms with Crippen molar-refractivity contribution in [3.05, 3.63) is 53.5 Å². The molecule has 2 N–H and O–H groups in total. The molecule has 5 nitrogen and oxygen atoms in total. The molecule has 0 aliphatic rings. The van der Waals surface area contributed by atoms with Gasteiger partial charge in [0.25, 0.3) is 0 Å². The lowest BCUT2D eigenvalue weighted by molar-refractivity contribution is -0.123. The van der Waals surface area contributed by atoms with Crippen molar-refractivity contribution in [2.24, 2.45) is 0 Å². The Bertz CT molecular complexity index is 678. The first-order valence-electron chi connectivity index (χ1n) is 7.75. The number of carbonyl (C=O) groups is 2. The number of furan rings is 1. The first-order chi connectivity index (χ1) is 11.5. The maximum Gasteiger partial charge on any atom is 0.243 e. The molecule has 2 rings (SSSR count). The Kier molecular flexibility index (Phi) is 6.49. The van der Waals surface area contributed by atoms with Gasteiger partial charge in [0.15, 0.2) is 0 Å². The maximum atomic E-state index is 12.1. The molecule has 0 aliphatic heterocycles. The van der Waals surface area contributed by atoms with E-state index in [1.54, 1.807) is 6.26 Å². The summed E-state index contributed by atoms with van der Waals surface area (Å²) in [5.74, 6) is 1.05. The van der Waals surface area contributed by atoms with Crippen molar-refractivity contribution in [1.82, 2.24) is 5.32 Å². The molecule has 24 heavy (non-hydrogen) atoms. The van der Waals surface area contributed by atoms with E-state index in [0.717, 1.165) is 22.6 Å². The third-order valence-corrected chi connectivity index (χ3v) is 4.76. The van der Waals surface area contributed by atoms with Crippen molar-refractivity contribution in [3.63, 3.8) is 0 Å². The minimum atomic E-state index is -0.261. The number of thioether (sulfide) groups is 1. The Morgan fingerprint density at radius 1 is 1.17 bits per heavy atom. The molecule has 1 heterocycles. The summed E-state index contributed by atoms with van der Waals surface area (Å²) in [6.07, 6.45) is 1.61. The number of nitrogens with one attached hydrogen (secondary N) is 2. The standard InChI is InChI=1S/C18H22N2O3S/c1-12-6-4-7-13(2)17(12)20-16(21)10-19-18(22)14(3)24-11-15-8-5-9-23-15/h4-9,14H,10-11H2,1-3H3,(H,19,22)(H,20,21)/t14-/m1/s1. The lowest BCUT2D eigenvalue weighted by Crippen LogP contribution is -2.37. The SMILES string of the molecule is Cc1cccc(C)c1NC(=O)CNC(=O)[C@@H](C)SCc1ccco1. The smallest absolute Gasteiger partial charge is 0.243 e. The van der Waals surface area contributed by atoms with Crippen molar-refractivity contribution in [1.29, 1.82) is 0 Å². The zero-order chi connectivity index (χ0) is 17.5. The van der Waals surface area contributed by atoms with Gasteiger partial charge in [-0.1, -0.05) is 18.2 Å². The largest absolute Gasteiger partial charge is 0.468 e. The molecule has 2 aromatic rings. The van der Waals surface area contributed by atoms with Gasteiger partial charge in [-0.05, 0) is 44.0 Å². The normalized spacial score (nSPS) is 11.8. The first-order valence-corrected chi connectivity index (χ1v) is 8.80. The second kappa shape index (κ2) is 8.59. The van der Waals surface area contributed by atoms with Crippen molar-refractivity contribution < 1.29 is 14.0 Å². The number of para-hydroxylation sites is 1. The number of aryl methyl sites for hydroxylation is 2. The number of rotatable bonds is 7. The molecular formula is C18H22N2O3S. The lowest BCUT2D eigenvalue weighted by Gasteiger charge is -2.13. The Balaban J connectivity index is 1.77. The van der Waals surface area contributed by atoms with Crippen molar-refractivity contribution in [2.75, 3.05) is 11.9 Å². The summed E-state index contributed by atoms with van der Waals surface area (Å²) in [6, 6.07) is 9.51. The van der Waals surface area contributed by atoms with Crippen LogP contribution in [0.15, 0.2) is 41.0 Å². The lowest BCUT2D eigenvalue weighted by atomic mass is 10.1. The number of carbonyl (C=O) groups excluding carboxylic acids is 2. The molecule has 0 fully saturated rings. The second-order valence-electron chi connectivity index (χ2n) is 5.57. The molecule has 0 aliphatic carbocycles. The zero-order valence-electron chi connectivity index (χ0n) is 14.1. The molecule has 1 aromatic carbocycles. The van der Waals surface area contributed by atoms with E-state index < -0.39 is 0 Å². The molecule has 1 aromatic heterocycles. The maximum absolute atomic E-state index is 12.1. The highest BCUT2D eigenvalue weighted by Gasteiger charge is 2.15. The van der Waals surface area contributed by atoms with Gasteiger partial charge in [-0.25, -0.2) is 0 Å². The molecule has 128 valence electrons. The van der Waals surface area contributed by atoms with Gasteiger partial charge in [0.2, 0.25) is 11.8 Å². The molecular weight excluding hydrogens is 324 g/mol. The van der Waals surface area contributed by atoms with Gasteiger partial charge < -0.3 is 15.1 Å². The topological polar surface area (TPSA) is 71.3 Å². The number of anilines is 1. The highest BCUT2D eigenvalue weighted by atomic mass is 32.2. The van der Waals surface area contributed by atoms with Gasteiger partial charge in [-0.3, -0.25) is 9.59 Å². The first kappa shape index (κ1) is 18.1. The monoisotopic (exact) mass is 346 g/mol. The fourth-order valence-corrected chi connectivity index (χ4v) is 3.00. The van der Waals surface area contributed by atoms with Crippen LogP contribution in [0.1, 0.15) is 23.8 Å². The highest BCUT2D eigenvalue weighted by Crippen LogP contribution is 2.19. The fourth-order valence-electron chi connectivity index (χ4n) is 2.18. The van der Waals surface area contributed by atoms with E-state index in [-0.39, 0.29) is 23.6 Å². The van der Waals surface area contributed by atoms with Crippen molar-refractivity contribution in [2.45, 2.75) is 31.8 Å². The van der Waals surface area contributed by atoms with E-state index in [9.17, 15) is 9.59 Å². The van der Waals surface area contributed by atoms with Crippen LogP contribution in [-0.4, -0.2) is 23.6 Å². The summed E-state index contributed by atoms with van der Waals surface area (Å²) in [7, 11) is 0. The quantitative estimate of drug-likeness (QED) is 0.807. The van der Waals surface area contributed by atoms with Crippen LogP contribution in [0.5, 0.6) is 0 Å². The van der Waals surface area contributed by atoms with Crippen LogP contribution in [0, 0.1) is 13.8 Å². The van der Waals surface area contributed by atoms with E-state index >= 15 is 0 Å². The van der Waals surface area contributed by atoms with E-state index in [2.05, 4.69) is 10.6 Å². The summed E-state index contributed by atoms with van der Waals surface area (Å²) >= 11 is 1.47. The molecule has 0 saturated carbocycles. The van der Waals surface area contributed by atoms with Gasteiger partial charge in [-0.2, -0.15) is 0 Å². The van der Waals surface area contributed by atoms with Crippen molar-refractivity contribution in [3.8, 4) is 0 Å². The highest BCUT2D eigenvalue weighted by molar-refractivity contribution is 7.99. The second-order valence-corrected chi connectivity index (χ2v) is 6.89.